The third-order valence-electron chi connectivity index (χ3n) is 3.39. The first-order valence-corrected chi connectivity index (χ1v) is 7.70. The molecule has 21 heavy (non-hydrogen) atoms. The van der Waals surface area contributed by atoms with Crippen molar-refractivity contribution in [1.29, 1.82) is 0 Å². The molecule has 5 heteroatoms. The molecule has 0 aliphatic heterocycles. The second kappa shape index (κ2) is 7.21. The zero-order valence-electron chi connectivity index (χ0n) is 12.4. The van der Waals surface area contributed by atoms with Crippen molar-refractivity contribution >= 4 is 23.2 Å². The van der Waals surface area contributed by atoms with Gasteiger partial charge < -0.3 is 5.32 Å². The zero-order chi connectivity index (χ0) is 15.4. The number of rotatable bonds is 5. The predicted octanol–water partition coefficient (Wildman–Crippen LogP) is 4.58. The van der Waals surface area contributed by atoms with Gasteiger partial charge in [0.2, 0.25) is 0 Å². The fraction of sp³-hybridized carbons (Fsp3) is 0.375. The second-order valence-electron chi connectivity index (χ2n) is 5.37. The van der Waals surface area contributed by atoms with E-state index in [1.807, 2.05) is 12.3 Å². The standard InChI is InChI=1S/C16H19Cl2N3/c1-10(2)15(16-11(3)5-4-8-19-16)20-9-13-12(17)6-7-14(18)21-13/h4-8,10,15,20H,9H2,1-3H3. The average molecular weight is 324 g/mol. The molecule has 2 heterocycles. The molecule has 1 N–H and O–H groups in total. The van der Waals surface area contributed by atoms with Crippen LogP contribution in [0.15, 0.2) is 30.5 Å². The van der Waals surface area contributed by atoms with Crippen LogP contribution in [0.2, 0.25) is 10.2 Å². The molecule has 112 valence electrons. The summed E-state index contributed by atoms with van der Waals surface area (Å²) in [5.41, 5.74) is 2.99. The van der Waals surface area contributed by atoms with E-state index in [-0.39, 0.29) is 6.04 Å². The van der Waals surface area contributed by atoms with Gasteiger partial charge in [0.15, 0.2) is 0 Å². The Bertz CT molecular complexity index is 614. The van der Waals surface area contributed by atoms with Gasteiger partial charge in [0.25, 0.3) is 0 Å². The van der Waals surface area contributed by atoms with Crippen molar-refractivity contribution in [3.63, 3.8) is 0 Å². The second-order valence-corrected chi connectivity index (χ2v) is 6.17. The van der Waals surface area contributed by atoms with Crippen molar-refractivity contribution in [2.45, 2.75) is 33.4 Å². The Morgan fingerprint density at radius 3 is 2.62 bits per heavy atom. The zero-order valence-corrected chi connectivity index (χ0v) is 13.9. The minimum Gasteiger partial charge on any atom is -0.303 e. The maximum absolute atomic E-state index is 6.16. The van der Waals surface area contributed by atoms with Crippen LogP contribution < -0.4 is 5.32 Å². The van der Waals surface area contributed by atoms with E-state index >= 15 is 0 Å². The summed E-state index contributed by atoms with van der Waals surface area (Å²) in [5, 5.41) is 4.56. The van der Waals surface area contributed by atoms with Gasteiger partial charge in [-0.1, -0.05) is 43.1 Å². The average Bonchev–Trinajstić information content (AvgIpc) is 2.44. The third-order valence-corrected chi connectivity index (χ3v) is 3.94. The van der Waals surface area contributed by atoms with Crippen molar-refractivity contribution in [3.8, 4) is 0 Å². The monoisotopic (exact) mass is 323 g/mol. The van der Waals surface area contributed by atoms with Crippen LogP contribution in [0.1, 0.15) is 36.8 Å². The minimum absolute atomic E-state index is 0.142. The molecule has 1 unspecified atom stereocenters. The lowest BCUT2D eigenvalue weighted by molar-refractivity contribution is 0.398. The summed E-state index contributed by atoms with van der Waals surface area (Å²) in [6.45, 7) is 6.96. The summed E-state index contributed by atoms with van der Waals surface area (Å²) in [6.07, 6.45) is 1.82. The van der Waals surface area contributed by atoms with Gasteiger partial charge in [-0.2, -0.15) is 0 Å². The Morgan fingerprint density at radius 2 is 1.95 bits per heavy atom. The predicted molar refractivity (Wildman–Crippen MR) is 87.6 cm³/mol. The lowest BCUT2D eigenvalue weighted by atomic mass is 9.97. The van der Waals surface area contributed by atoms with E-state index in [4.69, 9.17) is 23.2 Å². The SMILES string of the molecule is Cc1cccnc1C(NCc1nc(Cl)ccc1Cl)C(C)C. The van der Waals surface area contributed by atoms with Crippen molar-refractivity contribution < 1.29 is 0 Å². The van der Waals surface area contributed by atoms with E-state index in [1.54, 1.807) is 12.1 Å². The number of aryl methyl sites for hydroxylation is 1. The highest BCUT2D eigenvalue weighted by atomic mass is 35.5. The number of halogens is 2. The Hall–Kier alpha value is -1.16. The normalized spacial score (nSPS) is 12.7. The molecular weight excluding hydrogens is 305 g/mol. The smallest absolute Gasteiger partial charge is 0.129 e. The van der Waals surface area contributed by atoms with Crippen molar-refractivity contribution in [1.82, 2.24) is 15.3 Å². The summed E-state index contributed by atoms with van der Waals surface area (Å²) in [4.78, 5) is 8.78. The molecule has 0 aromatic carbocycles. The molecule has 2 aromatic rings. The first-order chi connectivity index (χ1) is 9.99. The van der Waals surface area contributed by atoms with Gasteiger partial charge in [0, 0.05) is 12.7 Å². The highest BCUT2D eigenvalue weighted by Crippen LogP contribution is 2.24. The lowest BCUT2D eigenvalue weighted by Crippen LogP contribution is -2.27. The van der Waals surface area contributed by atoms with Crippen LogP contribution in [0.5, 0.6) is 0 Å². The molecule has 0 spiro atoms. The molecular formula is C16H19Cl2N3. The Kier molecular flexibility index (Phi) is 5.57. The maximum atomic E-state index is 6.16. The lowest BCUT2D eigenvalue weighted by Gasteiger charge is -2.23. The third kappa shape index (κ3) is 4.16. The topological polar surface area (TPSA) is 37.8 Å². The van der Waals surface area contributed by atoms with Crippen molar-refractivity contribution in [2.75, 3.05) is 0 Å². The van der Waals surface area contributed by atoms with E-state index in [1.165, 1.54) is 5.56 Å². The number of hydrogen-bond acceptors (Lipinski definition) is 3. The molecule has 0 aliphatic carbocycles. The van der Waals surface area contributed by atoms with Gasteiger partial charge in [-0.15, -0.1) is 0 Å². The van der Waals surface area contributed by atoms with Crippen LogP contribution in [0, 0.1) is 12.8 Å². The molecule has 2 aromatic heterocycles. The molecule has 0 saturated carbocycles. The molecule has 0 amide bonds. The quantitative estimate of drug-likeness (QED) is 0.818. The summed E-state index contributed by atoms with van der Waals surface area (Å²) in [7, 11) is 0. The van der Waals surface area contributed by atoms with Crippen LogP contribution in [-0.2, 0) is 6.54 Å². The Morgan fingerprint density at radius 1 is 1.19 bits per heavy atom. The van der Waals surface area contributed by atoms with E-state index in [2.05, 4.69) is 42.1 Å². The van der Waals surface area contributed by atoms with Crippen molar-refractivity contribution in [3.05, 3.63) is 57.6 Å². The molecule has 0 bridgehead atoms. The highest BCUT2D eigenvalue weighted by Gasteiger charge is 2.19. The molecule has 2 rings (SSSR count). The van der Waals surface area contributed by atoms with Crippen LogP contribution >= 0.6 is 23.2 Å². The Labute approximate surface area is 135 Å². The summed E-state index contributed by atoms with van der Waals surface area (Å²) >= 11 is 12.1. The first-order valence-electron chi connectivity index (χ1n) is 6.95. The minimum atomic E-state index is 0.142. The van der Waals surface area contributed by atoms with E-state index < -0.39 is 0 Å². The van der Waals surface area contributed by atoms with E-state index in [9.17, 15) is 0 Å². The van der Waals surface area contributed by atoms with Gasteiger partial charge in [0.1, 0.15) is 5.15 Å². The number of nitrogens with one attached hydrogen (secondary N) is 1. The summed E-state index contributed by atoms with van der Waals surface area (Å²) < 4.78 is 0. The molecule has 0 radical (unpaired) electrons. The molecule has 0 aliphatic rings. The van der Waals surface area contributed by atoms with Crippen LogP contribution in [0.3, 0.4) is 0 Å². The van der Waals surface area contributed by atoms with Gasteiger partial charge in [-0.25, -0.2) is 4.98 Å². The maximum Gasteiger partial charge on any atom is 0.129 e. The molecule has 1 atom stereocenters. The van der Waals surface area contributed by atoms with Gasteiger partial charge in [-0.05, 0) is 36.6 Å². The fourth-order valence-electron chi connectivity index (χ4n) is 2.26. The van der Waals surface area contributed by atoms with Gasteiger partial charge >= 0.3 is 0 Å². The van der Waals surface area contributed by atoms with Crippen molar-refractivity contribution in [2.24, 2.45) is 5.92 Å². The summed E-state index contributed by atoms with van der Waals surface area (Å²) in [6, 6.07) is 7.62. The number of pyridine rings is 2. The van der Waals surface area contributed by atoms with Crippen LogP contribution in [0.25, 0.3) is 0 Å². The van der Waals surface area contributed by atoms with E-state index in [0.717, 1.165) is 11.4 Å². The first kappa shape index (κ1) is 16.2. The number of aromatic nitrogens is 2. The van der Waals surface area contributed by atoms with E-state index in [0.29, 0.717) is 22.6 Å². The highest BCUT2D eigenvalue weighted by molar-refractivity contribution is 6.32. The number of nitrogens with zero attached hydrogens (tertiary/aromatic N) is 2. The van der Waals surface area contributed by atoms with Gasteiger partial charge in [0.05, 0.1) is 22.5 Å². The largest absolute Gasteiger partial charge is 0.303 e. The summed E-state index contributed by atoms with van der Waals surface area (Å²) in [5.74, 6) is 0.400. The van der Waals surface area contributed by atoms with Crippen LogP contribution in [0.4, 0.5) is 0 Å². The molecule has 3 nitrogen and oxygen atoms in total. The Balaban J connectivity index is 2.18. The molecule has 0 saturated heterocycles. The molecule has 0 fully saturated rings. The fourth-order valence-corrected chi connectivity index (χ4v) is 2.60. The van der Waals surface area contributed by atoms with Gasteiger partial charge in [-0.3, -0.25) is 4.98 Å². The van der Waals surface area contributed by atoms with Crippen LogP contribution in [-0.4, -0.2) is 9.97 Å². The number of hydrogen-bond donors (Lipinski definition) is 1.